The molecule has 2 aromatic rings. The van der Waals surface area contributed by atoms with Crippen LogP contribution in [-0.2, 0) is 0 Å². The van der Waals surface area contributed by atoms with Gasteiger partial charge in [0.1, 0.15) is 0 Å². The molecule has 0 aliphatic carbocycles. The maximum atomic E-state index is 4.19. The molecule has 2 nitrogen and oxygen atoms in total. The fraction of sp³-hybridized carbons (Fsp3) is 0.182. The van der Waals surface area contributed by atoms with Gasteiger partial charge in [-0.25, -0.2) is 0 Å². The average Bonchev–Trinajstić information content (AvgIpc) is 2.49. The number of aryl methyl sites for hydroxylation is 2. The Hall–Kier alpha value is -0.840. The van der Waals surface area contributed by atoms with Crippen LogP contribution in [0.3, 0.4) is 0 Å². The molecule has 1 aromatic heterocycles. The highest BCUT2D eigenvalue weighted by molar-refractivity contribution is 14.1. The molecule has 0 spiro atoms. The number of hydrogen-bond donors (Lipinski definition) is 1. The highest BCUT2D eigenvalue weighted by Gasteiger charge is 2.07. The Bertz CT molecular complexity index is 423. The van der Waals surface area contributed by atoms with Gasteiger partial charge in [-0.05, 0) is 54.1 Å². The number of aromatic nitrogens is 2. The van der Waals surface area contributed by atoms with Crippen molar-refractivity contribution in [1.82, 2.24) is 10.2 Å². The van der Waals surface area contributed by atoms with Crippen LogP contribution in [0.4, 0.5) is 0 Å². The maximum absolute atomic E-state index is 4.19. The van der Waals surface area contributed by atoms with Gasteiger partial charge in [-0.2, -0.15) is 5.10 Å². The van der Waals surface area contributed by atoms with Crippen LogP contribution in [0, 0.1) is 17.4 Å². The minimum Gasteiger partial charge on any atom is -0.282 e. The second kappa shape index (κ2) is 3.73. The van der Waals surface area contributed by atoms with E-state index in [1.807, 2.05) is 13.8 Å². The molecule has 0 atom stereocenters. The normalized spacial score (nSPS) is 10.5. The van der Waals surface area contributed by atoms with Crippen LogP contribution in [-0.4, -0.2) is 10.2 Å². The number of H-pyrrole nitrogens is 1. The second-order valence-corrected chi connectivity index (χ2v) is 4.56. The SMILES string of the molecule is Cc1n[nH]c(C)c1-c1ccc(I)cc1. The molecule has 0 aliphatic heterocycles. The Labute approximate surface area is 96.9 Å². The van der Waals surface area contributed by atoms with Crippen molar-refractivity contribution in [3.8, 4) is 11.1 Å². The molecule has 1 aromatic carbocycles. The molecule has 0 radical (unpaired) electrons. The first-order chi connectivity index (χ1) is 6.68. The van der Waals surface area contributed by atoms with Gasteiger partial charge in [-0.15, -0.1) is 0 Å². The fourth-order valence-electron chi connectivity index (χ4n) is 1.59. The summed E-state index contributed by atoms with van der Waals surface area (Å²) in [5.41, 5.74) is 4.64. The lowest BCUT2D eigenvalue weighted by Crippen LogP contribution is -1.81. The van der Waals surface area contributed by atoms with E-state index in [4.69, 9.17) is 0 Å². The Morgan fingerprint density at radius 1 is 1.14 bits per heavy atom. The predicted octanol–water partition coefficient (Wildman–Crippen LogP) is 3.30. The van der Waals surface area contributed by atoms with Crippen molar-refractivity contribution < 1.29 is 0 Å². The molecule has 3 heteroatoms. The summed E-state index contributed by atoms with van der Waals surface area (Å²) in [4.78, 5) is 0. The third-order valence-corrected chi connectivity index (χ3v) is 2.98. The van der Waals surface area contributed by atoms with E-state index in [-0.39, 0.29) is 0 Å². The monoisotopic (exact) mass is 298 g/mol. The highest BCUT2D eigenvalue weighted by atomic mass is 127. The van der Waals surface area contributed by atoms with Gasteiger partial charge in [0.25, 0.3) is 0 Å². The van der Waals surface area contributed by atoms with Crippen LogP contribution in [0.25, 0.3) is 11.1 Å². The number of aromatic amines is 1. The molecule has 1 heterocycles. The summed E-state index contributed by atoms with van der Waals surface area (Å²) in [6.07, 6.45) is 0. The topological polar surface area (TPSA) is 28.7 Å². The third-order valence-electron chi connectivity index (χ3n) is 2.26. The summed E-state index contributed by atoms with van der Waals surface area (Å²) in [6.45, 7) is 4.07. The molecule has 0 saturated heterocycles. The van der Waals surface area contributed by atoms with Crippen molar-refractivity contribution in [2.45, 2.75) is 13.8 Å². The number of nitrogens with zero attached hydrogens (tertiary/aromatic N) is 1. The first kappa shape index (κ1) is 9.71. The number of nitrogens with one attached hydrogen (secondary N) is 1. The first-order valence-corrected chi connectivity index (χ1v) is 5.54. The summed E-state index contributed by atoms with van der Waals surface area (Å²) in [6, 6.07) is 8.49. The fourth-order valence-corrected chi connectivity index (χ4v) is 1.95. The van der Waals surface area contributed by atoms with Crippen LogP contribution < -0.4 is 0 Å². The molecule has 1 N–H and O–H groups in total. The number of halogens is 1. The summed E-state index contributed by atoms with van der Waals surface area (Å²) >= 11 is 2.31. The first-order valence-electron chi connectivity index (χ1n) is 4.46. The quantitative estimate of drug-likeness (QED) is 0.804. The molecule has 0 bridgehead atoms. The van der Waals surface area contributed by atoms with Crippen LogP contribution in [0.1, 0.15) is 11.4 Å². The molecule has 0 fully saturated rings. The lowest BCUT2D eigenvalue weighted by molar-refractivity contribution is 1.02. The molecule has 14 heavy (non-hydrogen) atoms. The predicted molar refractivity (Wildman–Crippen MR) is 66.2 cm³/mol. The zero-order valence-electron chi connectivity index (χ0n) is 8.13. The third kappa shape index (κ3) is 1.68. The van der Waals surface area contributed by atoms with Gasteiger partial charge in [0.2, 0.25) is 0 Å². The van der Waals surface area contributed by atoms with E-state index in [9.17, 15) is 0 Å². The van der Waals surface area contributed by atoms with Gasteiger partial charge < -0.3 is 0 Å². The maximum Gasteiger partial charge on any atom is 0.0672 e. The van der Waals surface area contributed by atoms with Gasteiger partial charge in [0.05, 0.1) is 5.69 Å². The van der Waals surface area contributed by atoms with Crippen molar-refractivity contribution in [2.75, 3.05) is 0 Å². The molecular weight excluding hydrogens is 287 g/mol. The van der Waals surface area contributed by atoms with Crippen LogP contribution in [0.2, 0.25) is 0 Å². The number of rotatable bonds is 1. The standard InChI is InChI=1S/C11H11IN2/c1-7-11(8(2)14-13-7)9-3-5-10(12)6-4-9/h3-6H,1-2H3,(H,13,14). The number of hydrogen-bond acceptors (Lipinski definition) is 1. The van der Waals surface area contributed by atoms with E-state index >= 15 is 0 Å². The second-order valence-electron chi connectivity index (χ2n) is 3.32. The average molecular weight is 298 g/mol. The van der Waals surface area contributed by atoms with E-state index in [0.717, 1.165) is 11.4 Å². The Morgan fingerprint density at radius 2 is 1.79 bits per heavy atom. The van der Waals surface area contributed by atoms with Gasteiger partial charge in [-0.3, -0.25) is 5.10 Å². The lowest BCUT2D eigenvalue weighted by atomic mass is 10.0. The highest BCUT2D eigenvalue weighted by Crippen LogP contribution is 2.25. The summed E-state index contributed by atoms with van der Waals surface area (Å²) < 4.78 is 1.25. The van der Waals surface area contributed by atoms with E-state index in [0.29, 0.717) is 0 Å². The van der Waals surface area contributed by atoms with Gasteiger partial charge in [0, 0.05) is 14.8 Å². The van der Waals surface area contributed by atoms with Crippen LogP contribution in [0.15, 0.2) is 24.3 Å². The Morgan fingerprint density at radius 3 is 2.29 bits per heavy atom. The van der Waals surface area contributed by atoms with Crippen molar-refractivity contribution in [2.24, 2.45) is 0 Å². The van der Waals surface area contributed by atoms with Crippen LogP contribution >= 0.6 is 22.6 Å². The van der Waals surface area contributed by atoms with Crippen molar-refractivity contribution >= 4 is 22.6 Å². The molecule has 0 unspecified atom stereocenters. The summed E-state index contributed by atoms with van der Waals surface area (Å²) in [5.74, 6) is 0. The van der Waals surface area contributed by atoms with E-state index < -0.39 is 0 Å². The molecular formula is C11H11IN2. The zero-order valence-corrected chi connectivity index (χ0v) is 10.3. The zero-order chi connectivity index (χ0) is 10.1. The molecule has 72 valence electrons. The van der Waals surface area contributed by atoms with Crippen molar-refractivity contribution in [3.05, 3.63) is 39.2 Å². The van der Waals surface area contributed by atoms with E-state index in [2.05, 4.69) is 57.1 Å². The lowest BCUT2D eigenvalue weighted by Gasteiger charge is -2.01. The molecule has 2 rings (SSSR count). The van der Waals surface area contributed by atoms with Crippen molar-refractivity contribution in [1.29, 1.82) is 0 Å². The van der Waals surface area contributed by atoms with E-state index in [1.54, 1.807) is 0 Å². The Balaban J connectivity index is 2.54. The summed E-state index contributed by atoms with van der Waals surface area (Å²) in [7, 11) is 0. The van der Waals surface area contributed by atoms with Gasteiger partial charge >= 0.3 is 0 Å². The smallest absolute Gasteiger partial charge is 0.0672 e. The van der Waals surface area contributed by atoms with Crippen molar-refractivity contribution in [3.63, 3.8) is 0 Å². The van der Waals surface area contributed by atoms with Gasteiger partial charge in [-0.1, -0.05) is 12.1 Å². The minimum atomic E-state index is 1.06. The largest absolute Gasteiger partial charge is 0.282 e. The number of benzene rings is 1. The summed E-state index contributed by atoms with van der Waals surface area (Å²) in [5, 5.41) is 7.19. The van der Waals surface area contributed by atoms with Gasteiger partial charge in [0.15, 0.2) is 0 Å². The Kier molecular flexibility index (Phi) is 2.58. The molecule has 0 saturated carbocycles. The molecule has 0 amide bonds. The van der Waals surface area contributed by atoms with Crippen LogP contribution in [0.5, 0.6) is 0 Å². The minimum absolute atomic E-state index is 1.06. The molecule has 0 aliphatic rings. The van der Waals surface area contributed by atoms with E-state index in [1.165, 1.54) is 14.7 Å².